The van der Waals surface area contributed by atoms with Crippen molar-refractivity contribution in [1.82, 2.24) is 0 Å². The largest absolute Gasteiger partial charge is 0.508 e. The molecule has 1 aromatic rings. The average Bonchev–Trinajstić information content (AvgIpc) is 2.19. The number of benzene rings is 1. The van der Waals surface area contributed by atoms with E-state index in [1.165, 1.54) is 0 Å². The maximum absolute atomic E-state index is 9.65. The molecule has 0 saturated heterocycles. The molecule has 0 spiro atoms. The number of hydrogen-bond acceptors (Lipinski definition) is 3. The second-order valence-corrected chi connectivity index (χ2v) is 3.81. The summed E-state index contributed by atoms with van der Waals surface area (Å²) in [6, 6.07) is 4.93. The molecule has 0 aliphatic heterocycles. The molecule has 0 fully saturated rings. The molecule has 0 amide bonds. The summed E-state index contributed by atoms with van der Waals surface area (Å²) in [4.78, 5) is 0. The summed E-state index contributed by atoms with van der Waals surface area (Å²) in [6.45, 7) is 5.73. The third-order valence-corrected chi connectivity index (χ3v) is 2.12. The first kappa shape index (κ1) is 11.9. The molecule has 84 valence electrons. The molecule has 0 radical (unpaired) electrons. The lowest BCUT2D eigenvalue weighted by Crippen LogP contribution is -2.06. The van der Waals surface area contributed by atoms with Crippen molar-refractivity contribution in [3.05, 3.63) is 23.8 Å². The zero-order valence-electron chi connectivity index (χ0n) is 9.40. The molecule has 1 aromatic carbocycles. The van der Waals surface area contributed by atoms with Crippen molar-refractivity contribution in [2.75, 3.05) is 0 Å². The monoisotopic (exact) mass is 210 g/mol. The van der Waals surface area contributed by atoms with E-state index >= 15 is 0 Å². The maximum atomic E-state index is 9.65. The summed E-state index contributed by atoms with van der Waals surface area (Å²) in [7, 11) is 0. The highest BCUT2D eigenvalue weighted by molar-refractivity contribution is 5.40. The number of phenols is 1. The summed E-state index contributed by atoms with van der Waals surface area (Å²) in [6.07, 6.45) is 0.0143. The van der Waals surface area contributed by atoms with Gasteiger partial charge in [-0.15, -0.1) is 0 Å². The first-order chi connectivity index (χ1) is 7.04. The predicted molar refractivity (Wildman–Crippen MR) is 59.1 cm³/mol. The van der Waals surface area contributed by atoms with Crippen LogP contribution in [0.2, 0.25) is 0 Å². The van der Waals surface area contributed by atoms with Crippen LogP contribution in [0.15, 0.2) is 18.2 Å². The van der Waals surface area contributed by atoms with Gasteiger partial charge in [0.15, 0.2) is 0 Å². The Morgan fingerprint density at radius 2 is 2.00 bits per heavy atom. The van der Waals surface area contributed by atoms with Gasteiger partial charge in [0, 0.05) is 5.56 Å². The van der Waals surface area contributed by atoms with Gasteiger partial charge in [0.2, 0.25) is 0 Å². The van der Waals surface area contributed by atoms with Crippen LogP contribution in [0.1, 0.15) is 38.9 Å². The van der Waals surface area contributed by atoms with Crippen LogP contribution >= 0.6 is 0 Å². The number of aromatic hydroxyl groups is 1. The predicted octanol–water partition coefficient (Wildman–Crippen LogP) is 2.62. The lowest BCUT2D eigenvalue weighted by Gasteiger charge is -2.14. The summed E-state index contributed by atoms with van der Waals surface area (Å²) in [5.41, 5.74) is 0.524. The van der Waals surface area contributed by atoms with E-state index in [9.17, 15) is 10.2 Å². The van der Waals surface area contributed by atoms with Crippen molar-refractivity contribution < 1.29 is 14.9 Å². The first-order valence-electron chi connectivity index (χ1n) is 5.22. The molecular weight excluding hydrogens is 192 g/mol. The molecule has 0 aromatic heterocycles. The molecular formula is C12H18O3. The number of phenolic OH excluding ortho intramolecular Hbond substituents is 1. The van der Waals surface area contributed by atoms with Gasteiger partial charge in [-0.2, -0.15) is 0 Å². The number of aliphatic hydroxyl groups is 1. The summed E-state index contributed by atoms with van der Waals surface area (Å²) in [5, 5.41) is 19.2. The molecule has 3 nitrogen and oxygen atoms in total. The molecule has 3 heteroatoms. The normalized spacial score (nSPS) is 12.9. The molecule has 2 N–H and O–H groups in total. The van der Waals surface area contributed by atoms with E-state index in [-0.39, 0.29) is 11.9 Å². The van der Waals surface area contributed by atoms with Gasteiger partial charge in [-0.1, -0.05) is 6.92 Å². The molecule has 1 atom stereocenters. The van der Waals surface area contributed by atoms with Crippen LogP contribution in [0.3, 0.4) is 0 Å². The Labute approximate surface area is 90.3 Å². The minimum Gasteiger partial charge on any atom is -0.508 e. The fourth-order valence-electron chi connectivity index (χ4n) is 1.36. The highest BCUT2D eigenvalue weighted by atomic mass is 16.5. The highest BCUT2D eigenvalue weighted by Crippen LogP contribution is 2.30. The van der Waals surface area contributed by atoms with Crippen LogP contribution in [0.25, 0.3) is 0 Å². The fraction of sp³-hybridized carbons (Fsp3) is 0.500. The van der Waals surface area contributed by atoms with E-state index < -0.39 is 6.10 Å². The molecule has 1 rings (SSSR count). The van der Waals surface area contributed by atoms with Crippen LogP contribution < -0.4 is 4.74 Å². The van der Waals surface area contributed by atoms with E-state index in [2.05, 4.69) is 0 Å². The molecule has 15 heavy (non-hydrogen) atoms. The van der Waals surface area contributed by atoms with Gasteiger partial charge in [-0.25, -0.2) is 0 Å². The van der Waals surface area contributed by atoms with Crippen LogP contribution in [-0.2, 0) is 0 Å². The highest BCUT2D eigenvalue weighted by Gasteiger charge is 2.11. The smallest absolute Gasteiger partial charge is 0.121 e. The van der Waals surface area contributed by atoms with Crippen molar-refractivity contribution in [3.63, 3.8) is 0 Å². The van der Waals surface area contributed by atoms with Crippen molar-refractivity contribution in [1.29, 1.82) is 0 Å². The van der Waals surface area contributed by atoms with Crippen LogP contribution in [0, 0.1) is 0 Å². The van der Waals surface area contributed by atoms with Crippen molar-refractivity contribution in [2.45, 2.75) is 39.4 Å². The second-order valence-electron chi connectivity index (χ2n) is 3.81. The average molecular weight is 210 g/mol. The first-order valence-corrected chi connectivity index (χ1v) is 5.22. The summed E-state index contributed by atoms with van der Waals surface area (Å²) in [5.74, 6) is 0.783. The van der Waals surface area contributed by atoms with Gasteiger partial charge in [-0.05, 0) is 38.5 Å². The van der Waals surface area contributed by atoms with E-state index in [0.29, 0.717) is 17.7 Å². The molecule has 1 unspecified atom stereocenters. The van der Waals surface area contributed by atoms with Gasteiger partial charge < -0.3 is 14.9 Å². The van der Waals surface area contributed by atoms with E-state index in [1.54, 1.807) is 18.2 Å². The third kappa shape index (κ3) is 3.13. The second kappa shape index (κ2) is 5.03. The van der Waals surface area contributed by atoms with Gasteiger partial charge in [0.1, 0.15) is 11.5 Å². The Balaban J connectivity index is 2.94. The molecule has 0 saturated carbocycles. The molecule has 0 heterocycles. The van der Waals surface area contributed by atoms with Crippen LogP contribution in [0.5, 0.6) is 11.5 Å². The maximum Gasteiger partial charge on any atom is 0.121 e. The minimum atomic E-state index is -0.638. The lowest BCUT2D eigenvalue weighted by atomic mass is 10.1. The standard InChI is InChI=1S/C12H18O3/c1-4-11(13)10-7-9(15-8(2)3)5-6-12(10)14/h5-8,11,13-14H,4H2,1-3H3. The Hall–Kier alpha value is -1.22. The summed E-state index contributed by atoms with van der Waals surface area (Å²) >= 11 is 0. The number of hydrogen-bond donors (Lipinski definition) is 2. The van der Waals surface area contributed by atoms with Crippen molar-refractivity contribution in [2.24, 2.45) is 0 Å². The number of rotatable bonds is 4. The zero-order valence-corrected chi connectivity index (χ0v) is 9.40. The lowest BCUT2D eigenvalue weighted by molar-refractivity contribution is 0.168. The van der Waals surface area contributed by atoms with E-state index in [4.69, 9.17) is 4.74 Å². The van der Waals surface area contributed by atoms with E-state index in [0.717, 1.165) is 0 Å². The van der Waals surface area contributed by atoms with Crippen LogP contribution in [0.4, 0.5) is 0 Å². The Morgan fingerprint density at radius 1 is 1.33 bits per heavy atom. The molecule has 0 bridgehead atoms. The number of ether oxygens (including phenoxy) is 1. The number of aliphatic hydroxyl groups excluding tert-OH is 1. The third-order valence-electron chi connectivity index (χ3n) is 2.12. The van der Waals surface area contributed by atoms with Crippen molar-refractivity contribution in [3.8, 4) is 11.5 Å². The van der Waals surface area contributed by atoms with Gasteiger partial charge in [-0.3, -0.25) is 0 Å². The summed E-state index contributed by atoms with van der Waals surface area (Å²) < 4.78 is 5.48. The van der Waals surface area contributed by atoms with Crippen molar-refractivity contribution >= 4 is 0 Å². The molecule has 0 aliphatic carbocycles. The SMILES string of the molecule is CCC(O)c1cc(OC(C)C)ccc1O. The molecule has 0 aliphatic rings. The Bertz CT molecular complexity index is 321. The minimum absolute atomic E-state index is 0.0844. The zero-order chi connectivity index (χ0) is 11.4. The fourth-order valence-corrected chi connectivity index (χ4v) is 1.36. The van der Waals surface area contributed by atoms with Gasteiger partial charge in [0.25, 0.3) is 0 Å². The Morgan fingerprint density at radius 3 is 2.53 bits per heavy atom. The van der Waals surface area contributed by atoms with Crippen LogP contribution in [-0.4, -0.2) is 16.3 Å². The van der Waals surface area contributed by atoms with Gasteiger partial charge >= 0.3 is 0 Å². The van der Waals surface area contributed by atoms with E-state index in [1.807, 2.05) is 20.8 Å². The Kier molecular flexibility index (Phi) is 3.97. The van der Waals surface area contributed by atoms with Gasteiger partial charge in [0.05, 0.1) is 12.2 Å². The topological polar surface area (TPSA) is 49.7 Å². The quantitative estimate of drug-likeness (QED) is 0.803.